The Morgan fingerprint density at radius 1 is 0.923 bits per heavy atom. The van der Waals surface area contributed by atoms with E-state index >= 15 is 0 Å². The molecule has 4 bridgehead atoms. The van der Waals surface area contributed by atoms with E-state index in [1.165, 1.54) is 57.9 Å². The molecule has 0 aliphatic heterocycles. The fraction of sp³-hybridized carbons (Fsp3) is 1.00. The molecule has 0 aromatic rings. The van der Waals surface area contributed by atoms with E-state index in [1.54, 1.807) is 0 Å². The first kappa shape index (κ1) is 10.5. The van der Waals surface area contributed by atoms with Crippen LogP contribution in [0.25, 0.3) is 0 Å². The molecule has 2 N–H and O–H groups in total. The molecule has 73 valence electrons. The van der Waals surface area contributed by atoms with Crippen LogP contribution < -0.4 is 5.73 Å². The first-order valence-corrected chi connectivity index (χ1v) is 7.36. The zero-order valence-corrected chi connectivity index (χ0v) is 10.2. The number of hydrogen-bond donors (Lipinski definition) is 1. The van der Waals surface area contributed by atoms with Crippen molar-refractivity contribution in [2.45, 2.75) is 44.1 Å². The minimum absolute atomic E-state index is 0.300. The number of hydrogen-bond acceptors (Lipinski definition) is 1. The van der Waals surface area contributed by atoms with Gasteiger partial charge in [-0.05, 0) is 56.3 Å². The molecule has 0 aromatic carbocycles. The summed E-state index contributed by atoms with van der Waals surface area (Å²) < 4.78 is 0. The zero-order valence-electron chi connectivity index (χ0n) is 7.93. The van der Waals surface area contributed by atoms with Crippen molar-refractivity contribution in [3.8, 4) is 0 Å². The van der Waals surface area contributed by atoms with Crippen molar-refractivity contribution in [1.29, 1.82) is 0 Å². The van der Waals surface area contributed by atoms with E-state index in [0.717, 1.165) is 17.8 Å². The van der Waals surface area contributed by atoms with Gasteiger partial charge in [0.25, 0.3) is 0 Å². The fourth-order valence-electron chi connectivity index (χ4n) is 4.18. The van der Waals surface area contributed by atoms with E-state index in [0.29, 0.717) is 5.54 Å². The van der Waals surface area contributed by atoms with Crippen molar-refractivity contribution in [3.05, 3.63) is 0 Å². The summed E-state index contributed by atoms with van der Waals surface area (Å²) in [6.07, 6.45) is 8.57. The Morgan fingerprint density at radius 3 is 1.46 bits per heavy atom. The summed E-state index contributed by atoms with van der Waals surface area (Å²) in [5, 5.41) is 0. The topological polar surface area (TPSA) is 26.0 Å². The maximum absolute atomic E-state index is 6.32. The first-order valence-electron chi connectivity index (χ1n) is 5.21. The van der Waals surface area contributed by atoms with Gasteiger partial charge in [0.05, 0.1) is 0 Å². The maximum atomic E-state index is 6.32. The standard InChI is InChI=1S/C10H17N.ClH.Ti/c11-10-4-7-1-8(5-10)3-9(2-7)6-10;;/h7-9H,1-6,11H2;1H;/q;;+1/p-1. The molecule has 3 heteroatoms. The second-order valence-electron chi connectivity index (χ2n) is 5.28. The molecule has 0 radical (unpaired) electrons. The van der Waals surface area contributed by atoms with E-state index in [-0.39, 0.29) is 0 Å². The van der Waals surface area contributed by atoms with Crippen LogP contribution in [0.1, 0.15) is 38.5 Å². The molecule has 0 saturated heterocycles. The summed E-state index contributed by atoms with van der Waals surface area (Å²) in [5.41, 5.74) is 6.62. The van der Waals surface area contributed by atoms with Crippen LogP contribution in [0, 0.1) is 17.8 Å². The van der Waals surface area contributed by atoms with Gasteiger partial charge in [-0.15, -0.1) is 0 Å². The predicted molar refractivity (Wildman–Crippen MR) is 50.9 cm³/mol. The van der Waals surface area contributed by atoms with Crippen LogP contribution in [0.3, 0.4) is 0 Å². The van der Waals surface area contributed by atoms with Crippen molar-refractivity contribution < 1.29 is 19.4 Å². The van der Waals surface area contributed by atoms with Crippen LogP contribution in [0.4, 0.5) is 0 Å². The van der Waals surface area contributed by atoms with Gasteiger partial charge < -0.3 is 5.73 Å². The zero-order chi connectivity index (χ0) is 9.47. The summed E-state index contributed by atoms with van der Waals surface area (Å²) >= 11 is 1.47. The van der Waals surface area contributed by atoms with E-state index < -0.39 is 0 Å². The molecule has 0 atom stereocenters. The molecule has 4 fully saturated rings. The van der Waals surface area contributed by atoms with Crippen LogP contribution in [-0.4, -0.2) is 5.54 Å². The van der Waals surface area contributed by atoms with Crippen molar-refractivity contribution in [3.63, 3.8) is 0 Å². The Hall–Kier alpha value is 0.964. The molecule has 0 spiro atoms. The van der Waals surface area contributed by atoms with Crippen molar-refractivity contribution in [2.24, 2.45) is 23.5 Å². The molecule has 0 unspecified atom stereocenters. The van der Waals surface area contributed by atoms with Crippen LogP contribution in [0.5, 0.6) is 0 Å². The Morgan fingerprint density at radius 2 is 1.23 bits per heavy atom. The average molecular weight is 235 g/mol. The molecular formula is C10H17ClNTi. The van der Waals surface area contributed by atoms with Gasteiger partial charge in [-0.2, -0.15) is 0 Å². The Labute approximate surface area is 96.1 Å². The molecule has 4 aliphatic carbocycles. The van der Waals surface area contributed by atoms with Crippen molar-refractivity contribution >= 4 is 9.30 Å². The van der Waals surface area contributed by atoms with E-state index in [9.17, 15) is 0 Å². The van der Waals surface area contributed by atoms with Crippen LogP contribution in [0.2, 0.25) is 0 Å². The van der Waals surface area contributed by atoms with Gasteiger partial charge in [0.1, 0.15) is 0 Å². The Bertz CT molecular complexity index is 160. The molecule has 4 aliphatic rings. The molecule has 0 aromatic heterocycles. The van der Waals surface area contributed by atoms with E-state index in [1.807, 2.05) is 0 Å². The number of halogens is 1. The predicted octanol–water partition coefficient (Wildman–Crippen LogP) is 2.60. The average Bonchev–Trinajstić information content (AvgIpc) is 2.02. The first-order chi connectivity index (χ1) is 6.23. The summed E-state index contributed by atoms with van der Waals surface area (Å²) in [5.74, 6) is 3.06. The molecule has 4 rings (SSSR count). The third-order valence-electron chi connectivity index (χ3n) is 4.09. The molecule has 0 heterocycles. The van der Waals surface area contributed by atoms with E-state index in [2.05, 4.69) is 9.30 Å². The molecule has 1 nitrogen and oxygen atoms in total. The van der Waals surface area contributed by atoms with Gasteiger partial charge in [-0.3, -0.25) is 0 Å². The second kappa shape index (κ2) is 3.85. The third kappa shape index (κ3) is 1.99. The molecular weight excluding hydrogens is 217 g/mol. The Kier molecular flexibility index (Phi) is 3.10. The van der Waals surface area contributed by atoms with Crippen LogP contribution in [-0.2, 0) is 19.4 Å². The molecule has 13 heavy (non-hydrogen) atoms. The van der Waals surface area contributed by atoms with Crippen molar-refractivity contribution in [2.75, 3.05) is 0 Å². The van der Waals surface area contributed by atoms with E-state index in [4.69, 9.17) is 5.73 Å². The summed E-state index contributed by atoms with van der Waals surface area (Å²) in [6, 6.07) is 0. The summed E-state index contributed by atoms with van der Waals surface area (Å²) in [6.45, 7) is 0. The van der Waals surface area contributed by atoms with Gasteiger partial charge >= 0.3 is 28.7 Å². The second-order valence-corrected chi connectivity index (χ2v) is 5.28. The van der Waals surface area contributed by atoms with Gasteiger partial charge in [-0.25, -0.2) is 0 Å². The minimum atomic E-state index is 0.300. The molecule has 0 amide bonds. The fourth-order valence-corrected chi connectivity index (χ4v) is 4.18. The van der Waals surface area contributed by atoms with Gasteiger partial charge in [0.2, 0.25) is 0 Å². The van der Waals surface area contributed by atoms with Crippen LogP contribution >= 0.6 is 9.30 Å². The third-order valence-corrected chi connectivity index (χ3v) is 4.09. The normalized spacial score (nSPS) is 51.3. The quantitative estimate of drug-likeness (QED) is 0.641. The van der Waals surface area contributed by atoms with Crippen molar-refractivity contribution in [1.82, 2.24) is 0 Å². The van der Waals surface area contributed by atoms with Crippen LogP contribution in [0.15, 0.2) is 0 Å². The monoisotopic (exact) mass is 234 g/mol. The number of nitrogens with two attached hydrogens (primary N) is 1. The SMILES string of the molecule is NC12CC3CC(CC(C3)C1)C2.[Cl][Ti]. The number of rotatable bonds is 0. The van der Waals surface area contributed by atoms with Gasteiger partial charge in [0, 0.05) is 5.54 Å². The Balaban J connectivity index is 0.000000308. The summed E-state index contributed by atoms with van der Waals surface area (Å²) in [4.78, 5) is 0. The van der Waals surface area contributed by atoms with Gasteiger partial charge in [-0.1, -0.05) is 0 Å². The summed E-state index contributed by atoms with van der Waals surface area (Å²) in [7, 11) is 4.64. The van der Waals surface area contributed by atoms with Gasteiger partial charge in [0.15, 0.2) is 0 Å². The molecule has 4 saturated carbocycles.